The van der Waals surface area contributed by atoms with Crippen molar-refractivity contribution in [3.05, 3.63) is 14.8 Å². The maximum absolute atomic E-state index is 6.09. The molecule has 0 bridgehead atoms. The highest BCUT2D eigenvalue weighted by atomic mass is 35.5. The molecule has 1 saturated carbocycles. The molecule has 0 unspecified atom stereocenters. The van der Waals surface area contributed by atoms with Gasteiger partial charge in [0.2, 0.25) is 0 Å². The molecule has 1 aliphatic carbocycles. The Balaban J connectivity index is 2.38. The minimum absolute atomic E-state index is 0.689. The van der Waals surface area contributed by atoms with Crippen LogP contribution in [0.5, 0.6) is 0 Å². The van der Waals surface area contributed by atoms with E-state index in [0.29, 0.717) is 5.92 Å². The van der Waals surface area contributed by atoms with Crippen LogP contribution in [0.3, 0.4) is 0 Å². The Morgan fingerprint density at radius 2 is 2.07 bits per heavy atom. The maximum Gasteiger partial charge on any atom is 0.116 e. The van der Waals surface area contributed by atoms with Crippen LogP contribution in [-0.2, 0) is 6.42 Å². The van der Waals surface area contributed by atoms with Crippen molar-refractivity contribution in [3.8, 4) is 0 Å². The molecular formula is C11H16ClNS. The second-order valence-corrected chi connectivity index (χ2v) is 5.67. The van der Waals surface area contributed by atoms with E-state index in [9.17, 15) is 0 Å². The van der Waals surface area contributed by atoms with Gasteiger partial charge < -0.3 is 5.73 Å². The summed E-state index contributed by atoms with van der Waals surface area (Å²) in [5.41, 5.74) is 8.27. The fraction of sp³-hybridized carbons (Fsp3) is 0.636. The van der Waals surface area contributed by atoms with E-state index >= 15 is 0 Å². The molecule has 2 rings (SSSR count). The van der Waals surface area contributed by atoms with Crippen LogP contribution < -0.4 is 5.73 Å². The fourth-order valence-corrected chi connectivity index (χ4v) is 3.75. The van der Waals surface area contributed by atoms with Crippen molar-refractivity contribution >= 4 is 28.6 Å². The summed E-state index contributed by atoms with van der Waals surface area (Å²) in [4.78, 5) is 1.40. The largest absolute Gasteiger partial charge is 0.397 e. The van der Waals surface area contributed by atoms with Crippen LogP contribution >= 0.6 is 22.9 Å². The van der Waals surface area contributed by atoms with Crippen molar-refractivity contribution in [2.45, 2.75) is 44.9 Å². The van der Waals surface area contributed by atoms with Gasteiger partial charge in [0.15, 0.2) is 0 Å². The summed E-state index contributed by atoms with van der Waals surface area (Å²) in [6.07, 6.45) is 6.35. The van der Waals surface area contributed by atoms with Gasteiger partial charge in [-0.25, -0.2) is 0 Å². The molecule has 1 aromatic heterocycles. The molecule has 1 heterocycles. The normalized spacial score (nSPS) is 17.9. The van der Waals surface area contributed by atoms with Crippen LogP contribution in [0, 0.1) is 0 Å². The van der Waals surface area contributed by atoms with Crippen molar-refractivity contribution in [2.75, 3.05) is 5.73 Å². The second-order valence-electron chi connectivity index (χ2n) is 3.96. The highest BCUT2D eigenvalue weighted by molar-refractivity contribution is 7.17. The van der Waals surface area contributed by atoms with Crippen LogP contribution in [0.15, 0.2) is 0 Å². The molecule has 0 spiro atoms. The first-order valence-corrected chi connectivity index (χ1v) is 6.50. The summed E-state index contributed by atoms with van der Waals surface area (Å²) in [6.45, 7) is 2.18. The molecule has 0 atom stereocenters. The number of hydrogen-bond acceptors (Lipinski definition) is 2. The van der Waals surface area contributed by atoms with Crippen LogP contribution in [0.4, 0.5) is 5.69 Å². The predicted octanol–water partition coefficient (Wildman–Crippen LogP) is 4.20. The summed E-state index contributed by atoms with van der Waals surface area (Å²) >= 11 is 7.75. The lowest BCUT2D eigenvalue weighted by Gasteiger charge is -2.11. The predicted molar refractivity (Wildman–Crippen MR) is 64.3 cm³/mol. The number of nitrogen functional groups attached to an aromatic ring is 1. The molecular weight excluding hydrogens is 214 g/mol. The number of nitrogens with two attached hydrogens (primary N) is 1. The zero-order valence-electron chi connectivity index (χ0n) is 8.48. The lowest BCUT2D eigenvalue weighted by atomic mass is 9.96. The number of thiophene rings is 1. The highest BCUT2D eigenvalue weighted by Crippen LogP contribution is 2.45. The molecule has 0 amide bonds. The molecule has 1 aliphatic rings. The Morgan fingerprint density at radius 3 is 2.64 bits per heavy atom. The Kier molecular flexibility index (Phi) is 3.03. The first kappa shape index (κ1) is 10.3. The molecule has 78 valence electrons. The van der Waals surface area contributed by atoms with Gasteiger partial charge in [-0.3, -0.25) is 0 Å². The third kappa shape index (κ3) is 1.66. The van der Waals surface area contributed by atoms with Gasteiger partial charge in [0.1, 0.15) is 4.34 Å². The smallest absolute Gasteiger partial charge is 0.116 e. The van der Waals surface area contributed by atoms with E-state index < -0.39 is 0 Å². The monoisotopic (exact) mass is 229 g/mol. The van der Waals surface area contributed by atoms with Gasteiger partial charge in [0.25, 0.3) is 0 Å². The fourth-order valence-electron chi connectivity index (χ4n) is 2.40. The van der Waals surface area contributed by atoms with Crippen molar-refractivity contribution < 1.29 is 0 Å². The third-order valence-electron chi connectivity index (χ3n) is 3.10. The molecule has 2 N–H and O–H groups in total. The van der Waals surface area contributed by atoms with E-state index in [0.717, 1.165) is 16.4 Å². The molecule has 1 aromatic rings. The van der Waals surface area contributed by atoms with E-state index in [4.69, 9.17) is 17.3 Å². The molecule has 1 nitrogen and oxygen atoms in total. The van der Waals surface area contributed by atoms with Crippen molar-refractivity contribution in [1.29, 1.82) is 0 Å². The Morgan fingerprint density at radius 1 is 1.43 bits per heavy atom. The van der Waals surface area contributed by atoms with Crippen molar-refractivity contribution in [2.24, 2.45) is 0 Å². The molecule has 0 saturated heterocycles. The average Bonchev–Trinajstić information content (AvgIpc) is 2.76. The van der Waals surface area contributed by atoms with Gasteiger partial charge in [-0.1, -0.05) is 31.4 Å². The SMILES string of the molecule is CCc1sc(Cl)c(N)c1C1CCCC1. The summed E-state index contributed by atoms with van der Waals surface area (Å²) in [5, 5.41) is 0. The van der Waals surface area contributed by atoms with E-state index in [2.05, 4.69) is 6.92 Å². The second kappa shape index (κ2) is 4.11. The third-order valence-corrected chi connectivity index (χ3v) is 4.69. The molecule has 0 radical (unpaired) electrons. The lowest BCUT2D eigenvalue weighted by molar-refractivity contribution is 0.721. The van der Waals surface area contributed by atoms with E-state index in [-0.39, 0.29) is 0 Å². The topological polar surface area (TPSA) is 26.0 Å². The first-order valence-electron chi connectivity index (χ1n) is 5.30. The van der Waals surface area contributed by atoms with Gasteiger partial charge >= 0.3 is 0 Å². The Bertz CT molecular complexity index is 326. The molecule has 0 aliphatic heterocycles. The van der Waals surface area contributed by atoms with Crippen molar-refractivity contribution in [3.63, 3.8) is 0 Å². The van der Waals surface area contributed by atoms with Crippen LogP contribution in [0.1, 0.15) is 49.0 Å². The quantitative estimate of drug-likeness (QED) is 0.808. The lowest BCUT2D eigenvalue weighted by Crippen LogP contribution is -1.98. The van der Waals surface area contributed by atoms with E-state index in [1.807, 2.05) is 0 Å². The van der Waals surface area contributed by atoms with Crippen LogP contribution in [0.2, 0.25) is 4.34 Å². The van der Waals surface area contributed by atoms with Crippen LogP contribution in [0.25, 0.3) is 0 Å². The van der Waals surface area contributed by atoms with Gasteiger partial charge in [-0.15, -0.1) is 11.3 Å². The molecule has 3 heteroatoms. The zero-order valence-corrected chi connectivity index (χ0v) is 10.0. The summed E-state index contributed by atoms with van der Waals surface area (Å²) in [7, 11) is 0. The summed E-state index contributed by atoms with van der Waals surface area (Å²) in [5.74, 6) is 0.689. The van der Waals surface area contributed by atoms with Gasteiger partial charge in [0.05, 0.1) is 5.69 Å². The number of rotatable bonds is 2. The van der Waals surface area contributed by atoms with Gasteiger partial charge in [-0.05, 0) is 30.7 Å². The average molecular weight is 230 g/mol. The van der Waals surface area contributed by atoms with Gasteiger partial charge in [0, 0.05) is 4.88 Å². The summed E-state index contributed by atoms with van der Waals surface area (Å²) in [6, 6.07) is 0. The number of aryl methyl sites for hydroxylation is 1. The maximum atomic E-state index is 6.09. The minimum atomic E-state index is 0.689. The zero-order chi connectivity index (χ0) is 10.1. The standard InChI is InChI=1S/C11H16ClNS/c1-2-8-9(7-5-3-4-6-7)10(13)11(12)14-8/h7H,2-6,13H2,1H3. The minimum Gasteiger partial charge on any atom is -0.397 e. The van der Waals surface area contributed by atoms with Crippen molar-refractivity contribution in [1.82, 2.24) is 0 Å². The number of anilines is 1. The first-order chi connectivity index (χ1) is 6.74. The molecule has 1 fully saturated rings. The van der Waals surface area contributed by atoms with E-state index in [1.165, 1.54) is 36.1 Å². The van der Waals surface area contributed by atoms with E-state index in [1.54, 1.807) is 11.3 Å². The summed E-state index contributed by atoms with van der Waals surface area (Å²) < 4.78 is 0.795. The van der Waals surface area contributed by atoms with Crippen LogP contribution in [-0.4, -0.2) is 0 Å². The molecule has 0 aromatic carbocycles. The Hall–Kier alpha value is -0.210. The van der Waals surface area contributed by atoms with Gasteiger partial charge in [-0.2, -0.15) is 0 Å². The number of hydrogen-bond donors (Lipinski definition) is 1. The Labute approximate surface area is 94.3 Å². The highest BCUT2D eigenvalue weighted by Gasteiger charge is 2.24. The number of halogens is 1. The molecule has 14 heavy (non-hydrogen) atoms.